The van der Waals surface area contributed by atoms with Gasteiger partial charge < -0.3 is 4.90 Å². The zero-order valence-electron chi connectivity index (χ0n) is 7.42. The van der Waals surface area contributed by atoms with Gasteiger partial charge in [0.2, 0.25) is 0 Å². The van der Waals surface area contributed by atoms with Crippen LogP contribution in [0.15, 0.2) is 6.08 Å². The lowest BCUT2D eigenvalue weighted by Gasteiger charge is -2.04. The molecule has 0 saturated carbocycles. The van der Waals surface area contributed by atoms with E-state index >= 15 is 0 Å². The van der Waals surface area contributed by atoms with Crippen LogP contribution >= 0.6 is 38.9 Å². The van der Waals surface area contributed by atoms with Crippen LogP contribution in [-0.4, -0.2) is 24.4 Å². The lowest BCUT2D eigenvalue weighted by molar-refractivity contribution is 1.10. The van der Waals surface area contributed by atoms with E-state index in [-0.39, 0.29) is 0 Å². The normalized spacial score (nSPS) is 11.1. The first-order chi connectivity index (χ1) is 6.15. The molecular formula is C8H10BrClN2S. The van der Waals surface area contributed by atoms with E-state index in [1.165, 1.54) is 0 Å². The Balaban J connectivity index is 2.90. The molecule has 0 radical (unpaired) electrons. The summed E-state index contributed by atoms with van der Waals surface area (Å²) in [6.45, 7) is 0. The van der Waals surface area contributed by atoms with Crippen LogP contribution in [0.25, 0.3) is 6.08 Å². The minimum Gasteiger partial charge on any atom is -0.354 e. The maximum absolute atomic E-state index is 5.93. The summed E-state index contributed by atoms with van der Waals surface area (Å²) in [7, 11) is 3.90. The van der Waals surface area contributed by atoms with Gasteiger partial charge in [0.05, 0.1) is 4.88 Å². The number of hydrogen-bond donors (Lipinski definition) is 0. The maximum Gasteiger partial charge on any atom is 0.186 e. The third-order valence-corrected chi connectivity index (χ3v) is 3.30. The van der Waals surface area contributed by atoms with Gasteiger partial charge in [0.1, 0.15) is 5.15 Å². The number of nitrogens with zero attached hydrogens (tertiary/aromatic N) is 2. The molecule has 5 heteroatoms. The number of allylic oxidation sites excluding steroid dienone is 1. The SMILES string of the molecule is CN(C)c1nc(Cl)c(/C=C/CBr)s1. The van der Waals surface area contributed by atoms with Crippen LogP contribution in [0.5, 0.6) is 0 Å². The van der Waals surface area contributed by atoms with Crippen LogP contribution in [0, 0.1) is 0 Å². The summed E-state index contributed by atoms with van der Waals surface area (Å²) in [5.41, 5.74) is 0. The summed E-state index contributed by atoms with van der Waals surface area (Å²) in [5.74, 6) is 0. The van der Waals surface area contributed by atoms with Gasteiger partial charge in [0, 0.05) is 19.4 Å². The largest absolute Gasteiger partial charge is 0.354 e. The van der Waals surface area contributed by atoms with Gasteiger partial charge in [-0.3, -0.25) is 0 Å². The highest BCUT2D eigenvalue weighted by atomic mass is 79.9. The molecule has 0 N–H and O–H groups in total. The second-order valence-electron chi connectivity index (χ2n) is 2.60. The average molecular weight is 282 g/mol. The molecule has 0 aliphatic rings. The Morgan fingerprint density at radius 1 is 1.62 bits per heavy atom. The average Bonchev–Trinajstić information content (AvgIpc) is 2.44. The summed E-state index contributed by atoms with van der Waals surface area (Å²) in [5, 5.41) is 2.34. The molecule has 1 aromatic rings. The van der Waals surface area contributed by atoms with Crippen molar-refractivity contribution in [3.05, 3.63) is 16.1 Å². The third kappa shape index (κ3) is 2.97. The summed E-state index contributed by atoms with van der Waals surface area (Å²) >= 11 is 10.8. The fourth-order valence-electron chi connectivity index (χ4n) is 0.748. The smallest absolute Gasteiger partial charge is 0.186 e. The predicted octanol–water partition coefficient (Wildman–Crippen LogP) is 3.27. The standard InChI is InChI=1S/C8H10BrClN2S/c1-12(2)8-11-7(10)6(13-8)4-3-5-9/h3-4H,5H2,1-2H3/b4-3+. The minimum absolute atomic E-state index is 0.575. The zero-order valence-corrected chi connectivity index (χ0v) is 10.6. The van der Waals surface area contributed by atoms with E-state index in [2.05, 4.69) is 20.9 Å². The molecular weight excluding hydrogens is 272 g/mol. The highest BCUT2D eigenvalue weighted by molar-refractivity contribution is 9.09. The summed E-state index contributed by atoms with van der Waals surface area (Å²) in [4.78, 5) is 7.16. The van der Waals surface area contributed by atoms with Crippen LogP contribution in [0.2, 0.25) is 5.15 Å². The van der Waals surface area contributed by atoms with Crippen LogP contribution in [0.3, 0.4) is 0 Å². The van der Waals surface area contributed by atoms with Crippen molar-refractivity contribution in [1.29, 1.82) is 0 Å². The van der Waals surface area contributed by atoms with Gasteiger partial charge >= 0.3 is 0 Å². The molecule has 0 saturated heterocycles. The fraction of sp³-hybridized carbons (Fsp3) is 0.375. The van der Waals surface area contributed by atoms with Crippen molar-refractivity contribution >= 4 is 50.1 Å². The lowest BCUT2D eigenvalue weighted by Crippen LogP contribution is -2.07. The molecule has 0 aliphatic heterocycles. The van der Waals surface area contributed by atoms with Crippen molar-refractivity contribution in [2.75, 3.05) is 24.3 Å². The molecule has 1 heterocycles. The summed E-state index contributed by atoms with van der Waals surface area (Å²) in [6.07, 6.45) is 3.97. The van der Waals surface area contributed by atoms with E-state index in [0.717, 1.165) is 15.3 Å². The van der Waals surface area contributed by atoms with Crippen molar-refractivity contribution in [3.8, 4) is 0 Å². The molecule has 1 rings (SSSR count). The first-order valence-electron chi connectivity index (χ1n) is 3.71. The van der Waals surface area contributed by atoms with Crippen LogP contribution in [0.1, 0.15) is 4.88 Å². The Bertz CT molecular complexity index is 309. The van der Waals surface area contributed by atoms with E-state index in [0.29, 0.717) is 5.15 Å². The first-order valence-corrected chi connectivity index (χ1v) is 6.03. The summed E-state index contributed by atoms with van der Waals surface area (Å²) in [6, 6.07) is 0. The molecule has 0 aromatic carbocycles. The van der Waals surface area contributed by atoms with Crippen LogP contribution < -0.4 is 4.90 Å². The number of thiazole rings is 1. The minimum atomic E-state index is 0.575. The molecule has 13 heavy (non-hydrogen) atoms. The molecule has 0 spiro atoms. The first kappa shape index (κ1) is 11.0. The molecule has 0 unspecified atom stereocenters. The maximum atomic E-state index is 5.93. The zero-order chi connectivity index (χ0) is 9.84. The van der Waals surface area contributed by atoms with E-state index in [4.69, 9.17) is 11.6 Å². The molecule has 0 amide bonds. The molecule has 0 atom stereocenters. The Morgan fingerprint density at radius 2 is 2.31 bits per heavy atom. The Kier molecular flexibility index (Phi) is 4.22. The van der Waals surface area contributed by atoms with Crippen molar-refractivity contribution < 1.29 is 0 Å². The van der Waals surface area contributed by atoms with Gasteiger partial charge in [0.25, 0.3) is 0 Å². The van der Waals surface area contributed by atoms with E-state index < -0.39 is 0 Å². The van der Waals surface area contributed by atoms with Crippen molar-refractivity contribution in [1.82, 2.24) is 4.98 Å². The number of aromatic nitrogens is 1. The number of halogens is 2. The van der Waals surface area contributed by atoms with Crippen molar-refractivity contribution in [3.63, 3.8) is 0 Å². The third-order valence-electron chi connectivity index (χ3n) is 1.34. The van der Waals surface area contributed by atoms with Crippen molar-refractivity contribution in [2.24, 2.45) is 0 Å². The van der Waals surface area contributed by atoms with Crippen LogP contribution in [-0.2, 0) is 0 Å². The molecule has 0 bridgehead atoms. The molecule has 2 nitrogen and oxygen atoms in total. The highest BCUT2D eigenvalue weighted by Crippen LogP contribution is 2.29. The summed E-state index contributed by atoms with van der Waals surface area (Å²) < 4.78 is 0. The van der Waals surface area contributed by atoms with Gasteiger partial charge in [-0.2, -0.15) is 0 Å². The Labute approximate surface area is 95.4 Å². The quantitative estimate of drug-likeness (QED) is 0.791. The van der Waals surface area contributed by atoms with Crippen LogP contribution in [0.4, 0.5) is 5.13 Å². The molecule has 72 valence electrons. The second-order valence-corrected chi connectivity index (χ2v) is 4.62. The topological polar surface area (TPSA) is 16.1 Å². The number of hydrogen-bond acceptors (Lipinski definition) is 3. The van der Waals surface area contributed by atoms with Gasteiger partial charge in [-0.05, 0) is 6.08 Å². The lowest BCUT2D eigenvalue weighted by atomic mass is 10.5. The predicted molar refractivity (Wildman–Crippen MR) is 64.3 cm³/mol. The number of rotatable bonds is 3. The van der Waals surface area contributed by atoms with Gasteiger partial charge in [-0.15, -0.1) is 0 Å². The number of alkyl halides is 1. The fourth-order valence-corrected chi connectivity index (χ4v) is 2.05. The van der Waals surface area contributed by atoms with Gasteiger partial charge in [-0.25, -0.2) is 4.98 Å². The van der Waals surface area contributed by atoms with Gasteiger partial charge in [-0.1, -0.05) is 44.9 Å². The van der Waals surface area contributed by atoms with E-state index in [9.17, 15) is 0 Å². The Hall–Kier alpha value is -0.0600. The van der Waals surface area contributed by atoms with E-state index in [1.54, 1.807) is 11.3 Å². The Morgan fingerprint density at radius 3 is 2.77 bits per heavy atom. The molecule has 0 aliphatic carbocycles. The van der Waals surface area contributed by atoms with E-state index in [1.807, 2.05) is 31.1 Å². The second kappa shape index (κ2) is 4.98. The monoisotopic (exact) mass is 280 g/mol. The van der Waals surface area contributed by atoms with Gasteiger partial charge in [0.15, 0.2) is 5.13 Å². The molecule has 0 fully saturated rings. The number of anilines is 1. The highest BCUT2D eigenvalue weighted by Gasteiger charge is 2.07. The van der Waals surface area contributed by atoms with Crippen molar-refractivity contribution in [2.45, 2.75) is 0 Å². The molecule has 1 aromatic heterocycles.